The molecule has 0 saturated carbocycles. The molecule has 5 nitrogen and oxygen atoms in total. The molecule has 0 radical (unpaired) electrons. The van der Waals surface area contributed by atoms with Crippen LogP contribution in [-0.2, 0) is 4.74 Å². The minimum Gasteiger partial charge on any atom is -0.444 e. The number of hydrogen-bond donors (Lipinski definition) is 3. The lowest BCUT2D eigenvalue weighted by molar-refractivity contribution is 0.0455. The molecule has 0 aromatic heterocycles. The maximum atomic E-state index is 11.5. The summed E-state index contributed by atoms with van der Waals surface area (Å²) in [6.07, 6.45) is 0.455. The Balaban J connectivity index is 2.42. The number of aliphatic hydroxyl groups is 1. The third-order valence-electron chi connectivity index (χ3n) is 2.56. The standard InChI is InChI=1S/C11H22N2O3/c1-11(2,3)16-10(15)13-9-6-12-5-4-8(9)7-14/h8-9,12,14H,4-7H2,1-3H3,(H,13,15)/t8-,9-/m1/s1. The minimum absolute atomic E-state index is 0.0476. The molecule has 1 fully saturated rings. The molecule has 16 heavy (non-hydrogen) atoms. The van der Waals surface area contributed by atoms with Gasteiger partial charge in [-0.15, -0.1) is 0 Å². The summed E-state index contributed by atoms with van der Waals surface area (Å²) in [7, 11) is 0. The number of nitrogens with one attached hydrogen (secondary N) is 2. The van der Waals surface area contributed by atoms with Crippen LogP contribution in [0.3, 0.4) is 0 Å². The highest BCUT2D eigenvalue weighted by atomic mass is 16.6. The van der Waals surface area contributed by atoms with Crippen LogP contribution in [0.5, 0.6) is 0 Å². The molecule has 0 bridgehead atoms. The van der Waals surface area contributed by atoms with Gasteiger partial charge in [0.25, 0.3) is 0 Å². The number of alkyl carbamates (subject to hydrolysis) is 1. The number of hydrogen-bond acceptors (Lipinski definition) is 4. The molecular formula is C11H22N2O3. The van der Waals surface area contributed by atoms with E-state index in [0.717, 1.165) is 13.0 Å². The van der Waals surface area contributed by atoms with Crippen molar-refractivity contribution >= 4 is 6.09 Å². The van der Waals surface area contributed by atoms with Gasteiger partial charge in [-0.2, -0.15) is 0 Å². The van der Waals surface area contributed by atoms with Crippen LogP contribution in [0, 0.1) is 5.92 Å². The maximum absolute atomic E-state index is 11.5. The molecule has 5 heteroatoms. The predicted octanol–water partition coefficient (Wildman–Crippen LogP) is 0.481. The average Bonchev–Trinajstić information content (AvgIpc) is 2.15. The Kier molecular flexibility index (Phi) is 4.56. The van der Waals surface area contributed by atoms with Gasteiger partial charge in [0.15, 0.2) is 0 Å². The Labute approximate surface area is 96.6 Å². The fourth-order valence-corrected chi connectivity index (χ4v) is 1.76. The number of piperidine rings is 1. The average molecular weight is 230 g/mol. The topological polar surface area (TPSA) is 70.6 Å². The molecule has 1 amide bonds. The van der Waals surface area contributed by atoms with Gasteiger partial charge in [-0.05, 0) is 33.7 Å². The van der Waals surface area contributed by atoms with Crippen LogP contribution in [-0.4, -0.2) is 42.5 Å². The van der Waals surface area contributed by atoms with Crippen molar-refractivity contribution in [1.29, 1.82) is 0 Å². The number of ether oxygens (including phenoxy) is 1. The van der Waals surface area contributed by atoms with Gasteiger partial charge >= 0.3 is 6.09 Å². The molecule has 0 aromatic rings. The first kappa shape index (κ1) is 13.3. The number of aliphatic hydroxyl groups excluding tert-OH is 1. The van der Waals surface area contributed by atoms with E-state index in [1.165, 1.54) is 0 Å². The van der Waals surface area contributed by atoms with Crippen LogP contribution in [0.1, 0.15) is 27.2 Å². The van der Waals surface area contributed by atoms with Crippen molar-refractivity contribution < 1.29 is 14.6 Å². The van der Waals surface area contributed by atoms with E-state index in [-0.39, 0.29) is 18.6 Å². The van der Waals surface area contributed by atoms with E-state index in [9.17, 15) is 9.90 Å². The summed E-state index contributed by atoms with van der Waals surface area (Å²) in [5.74, 6) is 0.119. The van der Waals surface area contributed by atoms with E-state index in [2.05, 4.69) is 10.6 Å². The van der Waals surface area contributed by atoms with Crippen molar-refractivity contribution in [2.24, 2.45) is 5.92 Å². The SMILES string of the molecule is CC(C)(C)OC(=O)N[C@@H]1CNCC[C@@H]1CO. The van der Waals surface area contributed by atoms with Crippen LogP contribution in [0.2, 0.25) is 0 Å². The van der Waals surface area contributed by atoms with E-state index >= 15 is 0 Å². The van der Waals surface area contributed by atoms with Crippen molar-refractivity contribution in [1.82, 2.24) is 10.6 Å². The Hall–Kier alpha value is -0.810. The molecule has 1 rings (SSSR count). The van der Waals surface area contributed by atoms with Gasteiger partial charge in [-0.25, -0.2) is 4.79 Å². The monoisotopic (exact) mass is 230 g/mol. The summed E-state index contributed by atoms with van der Waals surface area (Å²) in [6.45, 7) is 7.16. The van der Waals surface area contributed by atoms with Crippen LogP contribution >= 0.6 is 0 Å². The van der Waals surface area contributed by atoms with Gasteiger partial charge in [0.1, 0.15) is 5.60 Å². The number of carbonyl (C=O) groups is 1. The molecule has 0 aliphatic carbocycles. The van der Waals surface area contributed by atoms with Gasteiger partial charge in [0.2, 0.25) is 0 Å². The normalized spacial score (nSPS) is 26.2. The fraction of sp³-hybridized carbons (Fsp3) is 0.909. The molecule has 1 aliphatic rings. The second kappa shape index (κ2) is 5.50. The zero-order valence-electron chi connectivity index (χ0n) is 10.2. The van der Waals surface area contributed by atoms with Crippen molar-refractivity contribution in [3.05, 3.63) is 0 Å². The highest BCUT2D eigenvalue weighted by molar-refractivity contribution is 5.68. The summed E-state index contributed by atoms with van der Waals surface area (Å²) in [5.41, 5.74) is -0.485. The Bertz CT molecular complexity index is 238. The van der Waals surface area contributed by atoms with Gasteiger partial charge < -0.3 is 20.5 Å². The summed E-state index contributed by atoms with van der Waals surface area (Å²) < 4.78 is 5.17. The summed E-state index contributed by atoms with van der Waals surface area (Å²) in [6, 6.07) is -0.0476. The quantitative estimate of drug-likeness (QED) is 0.645. The van der Waals surface area contributed by atoms with E-state index < -0.39 is 11.7 Å². The second-order valence-corrected chi connectivity index (χ2v) is 5.19. The van der Waals surface area contributed by atoms with E-state index in [1.54, 1.807) is 0 Å². The third kappa shape index (κ3) is 4.37. The van der Waals surface area contributed by atoms with Gasteiger partial charge in [-0.1, -0.05) is 0 Å². The van der Waals surface area contributed by atoms with Crippen molar-refractivity contribution in [3.63, 3.8) is 0 Å². The number of rotatable bonds is 2. The van der Waals surface area contributed by atoms with Gasteiger partial charge in [-0.3, -0.25) is 0 Å². The van der Waals surface area contributed by atoms with E-state index in [0.29, 0.717) is 6.54 Å². The summed E-state index contributed by atoms with van der Waals surface area (Å²) >= 11 is 0. The Morgan fingerprint density at radius 2 is 2.25 bits per heavy atom. The Morgan fingerprint density at radius 3 is 2.81 bits per heavy atom. The van der Waals surface area contributed by atoms with Crippen molar-refractivity contribution in [2.45, 2.75) is 38.8 Å². The fourth-order valence-electron chi connectivity index (χ4n) is 1.76. The van der Waals surface area contributed by atoms with Crippen molar-refractivity contribution in [2.75, 3.05) is 19.7 Å². The molecular weight excluding hydrogens is 208 g/mol. The van der Waals surface area contributed by atoms with E-state index in [1.807, 2.05) is 20.8 Å². The van der Waals surface area contributed by atoms with Gasteiger partial charge in [0.05, 0.1) is 0 Å². The largest absolute Gasteiger partial charge is 0.444 e. The zero-order valence-corrected chi connectivity index (χ0v) is 10.2. The lowest BCUT2D eigenvalue weighted by Gasteiger charge is -2.32. The molecule has 0 spiro atoms. The first-order valence-corrected chi connectivity index (χ1v) is 5.73. The molecule has 1 heterocycles. The molecule has 0 unspecified atom stereocenters. The molecule has 0 aromatic carbocycles. The molecule has 3 N–H and O–H groups in total. The Morgan fingerprint density at radius 1 is 1.56 bits per heavy atom. The summed E-state index contributed by atoms with van der Waals surface area (Å²) in [4.78, 5) is 11.5. The molecule has 94 valence electrons. The molecule has 1 saturated heterocycles. The minimum atomic E-state index is -0.485. The highest BCUT2D eigenvalue weighted by Crippen LogP contribution is 2.13. The van der Waals surface area contributed by atoms with Crippen LogP contribution < -0.4 is 10.6 Å². The van der Waals surface area contributed by atoms with Crippen LogP contribution in [0.25, 0.3) is 0 Å². The smallest absolute Gasteiger partial charge is 0.407 e. The number of amides is 1. The summed E-state index contributed by atoms with van der Waals surface area (Å²) in [5, 5.41) is 15.2. The van der Waals surface area contributed by atoms with E-state index in [4.69, 9.17) is 4.74 Å². The molecule has 2 atom stereocenters. The lowest BCUT2D eigenvalue weighted by Crippen LogP contribution is -2.52. The van der Waals surface area contributed by atoms with Gasteiger partial charge in [0, 0.05) is 25.1 Å². The number of carbonyl (C=O) groups excluding carboxylic acids is 1. The zero-order chi connectivity index (χ0) is 12.2. The molecule has 1 aliphatic heterocycles. The van der Waals surface area contributed by atoms with Crippen LogP contribution in [0.4, 0.5) is 4.79 Å². The first-order chi connectivity index (χ1) is 7.42. The van der Waals surface area contributed by atoms with Crippen molar-refractivity contribution in [3.8, 4) is 0 Å². The second-order valence-electron chi connectivity index (χ2n) is 5.19. The third-order valence-corrected chi connectivity index (χ3v) is 2.56. The van der Waals surface area contributed by atoms with Crippen LogP contribution in [0.15, 0.2) is 0 Å². The maximum Gasteiger partial charge on any atom is 0.407 e. The lowest BCUT2D eigenvalue weighted by atomic mass is 9.94. The first-order valence-electron chi connectivity index (χ1n) is 5.73. The highest BCUT2D eigenvalue weighted by Gasteiger charge is 2.27. The predicted molar refractivity (Wildman–Crippen MR) is 61.2 cm³/mol.